The molecule has 7 amide bonds. The van der Waals surface area contributed by atoms with Crippen molar-refractivity contribution in [2.45, 2.75) is 108 Å². The molecule has 0 spiro atoms. The second-order valence-corrected chi connectivity index (χ2v) is 14.0. The third kappa shape index (κ3) is 13.7. The lowest BCUT2D eigenvalue weighted by Crippen LogP contribution is -2.59. The van der Waals surface area contributed by atoms with Gasteiger partial charge in [0.1, 0.15) is 36.3 Å². The van der Waals surface area contributed by atoms with Gasteiger partial charge in [-0.2, -0.15) is 0 Å². The minimum absolute atomic E-state index is 0.0993. The molecule has 2 saturated heterocycles. The molecule has 2 aliphatic rings. The number of carbonyl (C=O) groups excluding carboxylic acids is 7. The summed E-state index contributed by atoms with van der Waals surface area (Å²) in [6.45, 7) is 3.66. The van der Waals surface area contributed by atoms with Crippen molar-refractivity contribution >= 4 is 53.3 Å². The van der Waals surface area contributed by atoms with Crippen LogP contribution >= 0.6 is 0 Å². The fourth-order valence-corrected chi connectivity index (χ4v) is 6.80. The van der Waals surface area contributed by atoms with Crippen molar-refractivity contribution in [1.29, 1.82) is 0 Å². The van der Waals surface area contributed by atoms with E-state index in [4.69, 9.17) is 28.7 Å². The van der Waals surface area contributed by atoms with E-state index in [9.17, 15) is 33.6 Å². The molecule has 2 fully saturated rings. The largest absolute Gasteiger partial charge is 0.370 e. The molecule has 2 aliphatic heterocycles. The molecule has 308 valence electrons. The standard InChI is InChI=1S/C36H57N13O7/c1-21(30(52)46-25(13-7-17-43-36(40)41)33(55)48-18-8-14-27(48)29(37)51)44-32(54)28-15-9-19-49(28)34(56)26(20-23-10-4-3-5-11-23)47-31(53)24(45-22(2)50)12-6-16-42-35(38)39/h3-5,10-11,21,24-28H,6-9,12-20H2,1-2H3,(H2,37,51)(H,44,54)(H,45,50)(H,46,52)(H,47,53)(H4,38,39,42)(H4,40,41,43)/t21-,24-,25-,26-,27-,28-/m0/s1. The fraction of sp³-hybridized carbons (Fsp3) is 0.583. The van der Waals surface area contributed by atoms with Gasteiger partial charge < -0.3 is 59.7 Å². The summed E-state index contributed by atoms with van der Waals surface area (Å²) >= 11 is 0. The number of rotatable bonds is 20. The van der Waals surface area contributed by atoms with Crippen molar-refractivity contribution < 1.29 is 33.6 Å². The Kier molecular flexibility index (Phi) is 17.3. The first kappa shape index (κ1) is 44.4. The molecule has 2 heterocycles. The maximum Gasteiger partial charge on any atom is 0.246 e. The predicted octanol–water partition coefficient (Wildman–Crippen LogP) is -3.22. The molecule has 0 aromatic heterocycles. The van der Waals surface area contributed by atoms with Crippen molar-refractivity contribution in [1.82, 2.24) is 31.1 Å². The Morgan fingerprint density at radius 1 is 0.696 bits per heavy atom. The zero-order valence-corrected chi connectivity index (χ0v) is 32.1. The lowest BCUT2D eigenvalue weighted by Gasteiger charge is -2.31. The number of primary amides is 1. The van der Waals surface area contributed by atoms with E-state index in [0.29, 0.717) is 45.1 Å². The molecule has 56 heavy (non-hydrogen) atoms. The van der Waals surface area contributed by atoms with Crippen LogP contribution < -0.4 is 49.9 Å². The summed E-state index contributed by atoms with van der Waals surface area (Å²) in [5.41, 5.74) is 27.9. The second-order valence-electron chi connectivity index (χ2n) is 14.0. The van der Waals surface area contributed by atoms with Crippen LogP contribution in [0.1, 0.15) is 70.8 Å². The van der Waals surface area contributed by atoms with E-state index >= 15 is 0 Å². The van der Waals surface area contributed by atoms with Crippen molar-refractivity contribution in [3.05, 3.63) is 35.9 Å². The normalized spacial score (nSPS) is 18.4. The maximum absolute atomic E-state index is 14.2. The Morgan fingerprint density at radius 3 is 1.77 bits per heavy atom. The summed E-state index contributed by atoms with van der Waals surface area (Å²) in [7, 11) is 0. The Hall–Kier alpha value is -5.95. The van der Waals surface area contributed by atoms with Crippen LogP contribution in [0.15, 0.2) is 40.3 Å². The summed E-state index contributed by atoms with van der Waals surface area (Å²) in [4.78, 5) is 103. The number of carbonyl (C=O) groups is 7. The summed E-state index contributed by atoms with van der Waals surface area (Å²) in [5, 5.41) is 10.8. The van der Waals surface area contributed by atoms with Gasteiger partial charge in [-0.25, -0.2) is 0 Å². The molecular weight excluding hydrogens is 726 g/mol. The Morgan fingerprint density at radius 2 is 1.21 bits per heavy atom. The third-order valence-corrected chi connectivity index (χ3v) is 9.55. The average Bonchev–Trinajstić information content (AvgIpc) is 3.84. The average molecular weight is 784 g/mol. The minimum Gasteiger partial charge on any atom is -0.370 e. The van der Waals surface area contributed by atoms with Crippen LogP contribution in [0.5, 0.6) is 0 Å². The van der Waals surface area contributed by atoms with Crippen molar-refractivity contribution in [3.63, 3.8) is 0 Å². The Bertz CT molecular complexity index is 1610. The number of aliphatic imine (C=N–C) groups is 2. The number of nitrogens with zero attached hydrogens (tertiary/aromatic N) is 4. The molecule has 14 N–H and O–H groups in total. The van der Waals surface area contributed by atoms with Crippen molar-refractivity contribution in [3.8, 4) is 0 Å². The highest BCUT2D eigenvalue weighted by molar-refractivity contribution is 5.97. The fourth-order valence-electron chi connectivity index (χ4n) is 6.80. The van der Waals surface area contributed by atoms with E-state index in [1.807, 2.05) is 6.07 Å². The minimum atomic E-state index is -1.13. The van der Waals surface area contributed by atoms with E-state index in [0.717, 1.165) is 5.56 Å². The van der Waals surface area contributed by atoms with Gasteiger partial charge in [0.05, 0.1) is 0 Å². The lowest BCUT2D eigenvalue weighted by molar-refractivity contribution is -0.143. The van der Waals surface area contributed by atoms with Crippen molar-refractivity contribution in [2.24, 2.45) is 38.7 Å². The molecule has 0 saturated carbocycles. The summed E-state index contributed by atoms with van der Waals surface area (Å²) in [6.07, 6.45) is 2.89. The highest BCUT2D eigenvalue weighted by Gasteiger charge is 2.40. The quantitative estimate of drug-likeness (QED) is 0.0360. The van der Waals surface area contributed by atoms with Gasteiger partial charge in [0.2, 0.25) is 41.4 Å². The Labute approximate surface area is 326 Å². The first-order valence-electron chi connectivity index (χ1n) is 18.8. The first-order valence-corrected chi connectivity index (χ1v) is 18.8. The molecule has 1 aromatic rings. The van der Waals surface area contributed by atoms with Crippen LogP contribution in [-0.4, -0.2) is 125 Å². The van der Waals surface area contributed by atoms with Crippen LogP contribution in [0.4, 0.5) is 0 Å². The van der Waals surface area contributed by atoms with Gasteiger partial charge in [-0.1, -0.05) is 30.3 Å². The monoisotopic (exact) mass is 783 g/mol. The maximum atomic E-state index is 14.2. The third-order valence-electron chi connectivity index (χ3n) is 9.55. The highest BCUT2D eigenvalue weighted by Crippen LogP contribution is 2.21. The van der Waals surface area contributed by atoms with Crippen LogP contribution in [0, 0.1) is 0 Å². The predicted molar refractivity (Wildman–Crippen MR) is 208 cm³/mol. The van der Waals surface area contributed by atoms with Gasteiger partial charge in [-0.3, -0.25) is 43.5 Å². The van der Waals surface area contributed by atoms with Gasteiger partial charge in [0.15, 0.2) is 11.9 Å². The number of hydrogen-bond donors (Lipinski definition) is 9. The number of guanidine groups is 2. The van der Waals surface area contributed by atoms with Gasteiger partial charge in [-0.15, -0.1) is 0 Å². The number of likely N-dealkylation sites (tertiary alicyclic amines) is 2. The zero-order valence-electron chi connectivity index (χ0n) is 32.1. The number of nitrogens with two attached hydrogens (primary N) is 5. The first-order chi connectivity index (χ1) is 26.6. The van der Waals surface area contributed by atoms with E-state index in [1.165, 1.54) is 23.6 Å². The van der Waals surface area contributed by atoms with Crippen LogP contribution in [0.3, 0.4) is 0 Å². The second kappa shape index (κ2) is 21.8. The van der Waals surface area contributed by atoms with E-state index in [2.05, 4.69) is 31.3 Å². The molecule has 20 nitrogen and oxygen atoms in total. The zero-order chi connectivity index (χ0) is 41.4. The van der Waals surface area contributed by atoms with Crippen LogP contribution in [-0.2, 0) is 40.0 Å². The molecule has 0 unspecified atom stereocenters. The summed E-state index contributed by atoms with van der Waals surface area (Å²) < 4.78 is 0. The summed E-state index contributed by atoms with van der Waals surface area (Å²) in [5.74, 6) is -4.17. The molecule has 0 radical (unpaired) electrons. The van der Waals surface area contributed by atoms with Gasteiger partial charge in [0, 0.05) is 39.5 Å². The highest BCUT2D eigenvalue weighted by atomic mass is 16.2. The molecule has 1 aromatic carbocycles. The number of amides is 7. The lowest BCUT2D eigenvalue weighted by atomic mass is 10.0. The van der Waals surface area contributed by atoms with E-state index in [1.54, 1.807) is 24.3 Å². The van der Waals surface area contributed by atoms with E-state index < -0.39 is 77.6 Å². The molecule has 20 heteroatoms. The number of benzene rings is 1. The molecular formula is C36H57N13O7. The van der Waals surface area contributed by atoms with Gasteiger partial charge in [-0.05, 0) is 63.9 Å². The summed E-state index contributed by atoms with van der Waals surface area (Å²) in [6, 6.07) is 2.97. The van der Waals surface area contributed by atoms with E-state index in [-0.39, 0.29) is 50.8 Å². The number of hydrogen-bond acceptors (Lipinski definition) is 9. The molecule has 6 atom stereocenters. The molecule has 0 bridgehead atoms. The van der Waals surface area contributed by atoms with Gasteiger partial charge >= 0.3 is 0 Å². The number of nitrogens with one attached hydrogen (secondary N) is 4. The molecule has 3 rings (SSSR count). The topological polar surface area (TPSA) is 329 Å². The van der Waals surface area contributed by atoms with Gasteiger partial charge in [0.25, 0.3) is 0 Å². The SMILES string of the molecule is CC(=O)N[C@@H](CCCN=C(N)N)C(=O)N[C@@H](Cc1ccccc1)C(=O)N1CCC[C@H]1C(=O)N[C@@H](C)C(=O)N[C@@H](CCCN=C(N)N)C(=O)N1CCC[C@H]1C(N)=O. The Balaban J connectivity index is 1.74. The molecule has 0 aliphatic carbocycles. The smallest absolute Gasteiger partial charge is 0.246 e. The van der Waals surface area contributed by atoms with Crippen LogP contribution in [0.2, 0.25) is 0 Å². The van der Waals surface area contributed by atoms with Crippen molar-refractivity contribution in [2.75, 3.05) is 26.2 Å². The van der Waals surface area contributed by atoms with Crippen LogP contribution in [0.25, 0.3) is 0 Å².